The first-order valence-corrected chi connectivity index (χ1v) is 10.6. The zero-order chi connectivity index (χ0) is 20.8. The summed E-state index contributed by atoms with van der Waals surface area (Å²) in [6, 6.07) is 28.8. The third-order valence-electron chi connectivity index (χ3n) is 4.80. The molecule has 5 heteroatoms. The number of ether oxygens (including phenoxy) is 1. The predicted octanol–water partition coefficient (Wildman–Crippen LogP) is 6.02. The van der Waals surface area contributed by atoms with Crippen molar-refractivity contribution in [1.82, 2.24) is 14.8 Å². The van der Waals surface area contributed by atoms with Gasteiger partial charge in [-0.1, -0.05) is 90.6 Å². The van der Waals surface area contributed by atoms with Crippen LogP contribution in [0, 0.1) is 0 Å². The smallest absolute Gasteiger partial charge is 0.192 e. The molecule has 0 fully saturated rings. The summed E-state index contributed by atoms with van der Waals surface area (Å²) in [4.78, 5) is 0. The largest absolute Gasteiger partial charge is 0.496 e. The van der Waals surface area contributed by atoms with Crippen LogP contribution in [-0.4, -0.2) is 21.9 Å². The van der Waals surface area contributed by atoms with E-state index in [2.05, 4.69) is 69.9 Å². The Morgan fingerprint density at radius 3 is 2.10 bits per heavy atom. The van der Waals surface area contributed by atoms with Crippen LogP contribution >= 0.6 is 11.8 Å². The molecule has 3 aromatic carbocycles. The summed E-state index contributed by atoms with van der Waals surface area (Å²) in [6.07, 6.45) is 1.87. The van der Waals surface area contributed by atoms with Crippen LogP contribution < -0.4 is 4.74 Å². The van der Waals surface area contributed by atoms with Gasteiger partial charge in [-0.05, 0) is 23.3 Å². The topological polar surface area (TPSA) is 39.9 Å². The van der Waals surface area contributed by atoms with Crippen LogP contribution in [0.1, 0.15) is 16.4 Å². The van der Waals surface area contributed by atoms with E-state index in [0.717, 1.165) is 22.3 Å². The Morgan fingerprint density at radius 2 is 1.50 bits per heavy atom. The van der Waals surface area contributed by atoms with Crippen molar-refractivity contribution >= 4 is 11.8 Å². The Kier molecular flexibility index (Phi) is 6.30. The molecule has 30 heavy (non-hydrogen) atoms. The normalized spacial score (nSPS) is 10.9. The van der Waals surface area contributed by atoms with Crippen LogP contribution in [0.5, 0.6) is 5.75 Å². The lowest BCUT2D eigenvalue weighted by Crippen LogP contribution is -2.04. The van der Waals surface area contributed by atoms with Gasteiger partial charge in [0.2, 0.25) is 0 Å². The first-order valence-electron chi connectivity index (χ1n) is 9.76. The maximum atomic E-state index is 5.55. The fourth-order valence-electron chi connectivity index (χ4n) is 3.39. The maximum absolute atomic E-state index is 5.55. The minimum Gasteiger partial charge on any atom is -0.496 e. The number of hydrogen-bond donors (Lipinski definition) is 0. The average Bonchev–Trinajstić information content (AvgIpc) is 3.21. The number of para-hydroxylation sites is 1. The van der Waals surface area contributed by atoms with Crippen LogP contribution in [0.2, 0.25) is 0 Å². The summed E-state index contributed by atoms with van der Waals surface area (Å²) < 4.78 is 7.64. The summed E-state index contributed by atoms with van der Waals surface area (Å²) in [6.45, 7) is 4.54. The third-order valence-corrected chi connectivity index (χ3v) is 6.10. The van der Waals surface area contributed by atoms with Gasteiger partial charge in [0.15, 0.2) is 11.0 Å². The summed E-state index contributed by atoms with van der Waals surface area (Å²) in [5, 5.41) is 10.0. The fourth-order valence-corrected chi connectivity index (χ4v) is 4.56. The summed E-state index contributed by atoms with van der Waals surface area (Å²) in [5.41, 5.74) is 3.36. The lowest BCUT2D eigenvalue weighted by molar-refractivity contribution is 0.416. The van der Waals surface area contributed by atoms with Gasteiger partial charge in [-0.25, -0.2) is 0 Å². The number of rotatable bonds is 8. The van der Waals surface area contributed by atoms with E-state index in [1.807, 2.05) is 42.5 Å². The Labute approximate surface area is 181 Å². The molecule has 1 heterocycles. The van der Waals surface area contributed by atoms with Crippen molar-refractivity contribution in [1.29, 1.82) is 0 Å². The molecular weight excluding hydrogens is 390 g/mol. The first kappa shape index (κ1) is 20.0. The monoisotopic (exact) mass is 413 g/mol. The predicted molar refractivity (Wildman–Crippen MR) is 123 cm³/mol. The van der Waals surface area contributed by atoms with E-state index in [1.54, 1.807) is 18.9 Å². The van der Waals surface area contributed by atoms with Gasteiger partial charge < -0.3 is 4.74 Å². The lowest BCUT2D eigenvalue weighted by Gasteiger charge is -2.18. The molecule has 0 amide bonds. The van der Waals surface area contributed by atoms with E-state index in [9.17, 15) is 0 Å². The van der Waals surface area contributed by atoms with Crippen LogP contribution in [-0.2, 0) is 6.54 Å². The standard InChI is InChI=1S/C25H23N3OS/c1-3-18-28-24(21-16-10-11-17-22(21)29-2)26-27-25(28)30-23(19-12-6-4-7-13-19)20-14-8-5-9-15-20/h3-17,23H,1,18H2,2H3. The molecule has 1 aromatic heterocycles. The van der Waals surface area contributed by atoms with Gasteiger partial charge >= 0.3 is 0 Å². The maximum Gasteiger partial charge on any atom is 0.192 e. The lowest BCUT2D eigenvalue weighted by atomic mass is 10.0. The van der Waals surface area contributed by atoms with Gasteiger partial charge in [0.25, 0.3) is 0 Å². The summed E-state index contributed by atoms with van der Waals surface area (Å²) in [7, 11) is 1.67. The highest BCUT2D eigenvalue weighted by Crippen LogP contribution is 2.41. The summed E-state index contributed by atoms with van der Waals surface area (Å²) >= 11 is 1.69. The second-order valence-electron chi connectivity index (χ2n) is 6.73. The van der Waals surface area contributed by atoms with Crippen molar-refractivity contribution in [3.05, 3.63) is 109 Å². The summed E-state index contributed by atoms with van der Waals surface area (Å²) in [5.74, 6) is 1.55. The molecule has 0 saturated heterocycles. The molecular formula is C25H23N3OS. The molecule has 0 aliphatic carbocycles. The van der Waals surface area contributed by atoms with E-state index < -0.39 is 0 Å². The van der Waals surface area contributed by atoms with Crippen LogP contribution in [0.4, 0.5) is 0 Å². The Bertz CT molecular complexity index is 1070. The van der Waals surface area contributed by atoms with Crippen LogP contribution in [0.15, 0.2) is 103 Å². The van der Waals surface area contributed by atoms with Gasteiger partial charge in [0.1, 0.15) is 5.75 Å². The Hall–Kier alpha value is -3.31. The van der Waals surface area contributed by atoms with Crippen molar-refractivity contribution in [2.24, 2.45) is 0 Å². The molecule has 0 bridgehead atoms. The van der Waals surface area contributed by atoms with Crippen molar-refractivity contribution in [2.45, 2.75) is 17.0 Å². The van der Waals surface area contributed by atoms with Crippen molar-refractivity contribution < 1.29 is 4.74 Å². The highest BCUT2D eigenvalue weighted by Gasteiger charge is 2.22. The first-order chi connectivity index (χ1) is 14.8. The quantitative estimate of drug-likeness (QED) is 0.261. The zero-order valence-corrected chi connectivity index (χ0v) is 17.6. The van der Waals surface area contributed by atoms with E-state index in [4.69, 9.17) is 4.74 Å². The minimum absolute atomic E-state index is 0.102. The van der Waals surface area contributed by atoms with Crippen molar-refractivity contribution in [2.75, 3.05) is 7.11 Å². The molecule has 150 valence electrons. The number of benzene rings is 3. The van der Waals surface area contributed by atoms with Gasteiger partial charge in [0, 0.05) is 6.54 Å². The molecule has 0 aliphatic heterocycles. The zero-order valence-electron chi connectivity index (χ0n) is 16.8. The highest BCUT2D eigenvalue weighted by atomic mass is 32.2. The van der Waals surface area contributed by atoms with E-state index in [0.29, 0.717) is 6.54 Å². The second kappa shape index (κ2) is 9.46. The number of aromatic nitrogens is 3. The van der Waals surface area contributed by atoms with E-state index in [1.165, 1.54) is 11.1 Å². The molecule has 0 spiro atoms. The number of hydrogen-bond acceptors (Lipinski definition) is 4. The van der Waals surface area contributed by atoms with E-state index >= 15 is 0 Å². The second-order valence-corrected chi connectivity index (χ2v) is 7.80. The SMILES string of the molecule is C=CCn1c(SC(c2ccccc2)c2ccccc2)nnc1-c1ccccc1OC. The number of thioether (sulfide) groups is 1. The average molecular weight is 414 g/mol. The molecule has 0 saturated carbocycles. The Morgan fingerprint density at radius 1 is 0.900 bits per heavy atom. The Balaban J connectivity index is 1.77. The highest BCUT2D eigenvalue weighted by molar-refractivity contribution is 7.99. The van der Waals surface area contributed by atoms with Crippen LogP contribution in [0.3, 0.4) is 0 Å². The molecule has 0 unspecified atom stereocenters. The number of methoxy groups -OCH3 is 1. The fraction of sp³-hybridized carbons (Fsp3) is 0.120. The number of nitrogens with zero attached hydrogens (tertiary/aromatic N) is 3. The molecule has 0 N–H and O–H groups in total. The molecule has 0 aliphatic rings. The van der Waals surface area contributed by atoms with Gasteiger partial charge in [0.05, 0.1) is 17.9 Å². The van der Waals surface area contributed by atoms with Crippen molar-refractivity contribution in [3.63, 3.8) is 0 Å². The van der Waals surface area contributed by atoms with Crippen molar-refractivity contribution in [3.8, 4) is 17.1 Å². The van der Waals surface area contributed by atoms with E-state index in [-0.39, 0.29) is 5.25 Å². The van der Waals surface area contributed by atoms with Gasteiger partial charge in [-0.3, -0.25) is 4.57 Å². The molecule has 0 atom stereocenters. The molecule has 4 rings (SSSR count). The minimum atomic E-state index is 0.102. The third kappa shape index (κ3) is 4.16. The van der Waals surface area contributed by atoms with Gasteiger partial charge in [-0.15, -0.1) is 16.8 Å². The molecule has 0 radical (unpaired) electrons. The van der Waals surface area contributed by atoms with Gasteiger partial charge in [-0.2, -0.15) is 0 Å². The molecule has 4 aromatic rings. The van der Waals surface area contributed by atoms with Crippen LogP contribution in [0.25, 0.3) is 11.4 Å². The molecule has 4 nitrogen and oxygen atoms in total. The number of allylic oxidation sites excluding steroid dienone is 1.